The van der Waals surface area contributed by atoms with Gasteiger partial charge >= 0.3 is 5.69 Å². The molecule has 2 N–H and O–H groups in total. The highest BCUT2D eigenvalue weighted by Crippen LogP contribution is 2.21. The number of carbonyl (C=O) groups excluding carboxylic acids is 1. The lowest BCUT2D eigenvalue weighted by Crippen LogP contribution is -2.14. The molecule has 8 heteroatoms. The molecule has 2 aromatic rings. The van der Waals surface area contributed by atoms with Crippen molar-refractivity contribution in [2.75, 3.05) is 5.32 Å². The molecule has 0 atom stereocenters. The van der Waals surface area contributed by atoms with Crippen LogP contribution < -0.4 is 11.0 Å². The van der Waals surface area contributed by atoms with E-state index in [1.165, 1.54) is 18.4 Å². The summed E-state index contributed by atoms with van der Waals surface area (Å²) in [7, 11) is 1.47. The van der Waals surface area contributed by atoms with Gasteiger partial charge in [-0.3, -0.25) is 15.1 Å². The van der Waals surface area contributed by atoms with Crippen LogP contribution in [0.25, 0.3) is 0 Å². The maximum Gasteiger partial charge on any atom is 0.343 e. The minimum Gasteiger partial charge on any atom is -0.295 e. The third kappa shape index (κ3) is 2.26. The number of carbonyl (C=O) groups is 1. The number of thiazole rings is 1. The molecule has 7 nitrogen and oxygen atoms in total. The Morgan fingerprint density at radius 3 is 2.65 bits per heavy atom. The van der Waals surface area contributed by atoms with E-state index in [9.17, 15) is 9.59 Å². The fourth-order valence-corrected chi connectivity index (χ4v) is 2.00. The highest BCUT2D eigenvalue weighted by atomic mass is 32.1. The number of rotatable bonds is 2. The Morgan fingerprint density at radius 2 is 2.18 bits per heavy atom. The Morgan fingerprint density at radius 1 is 1.47 bits per heavy atom. The number of aryl methyl sites for hydroxylation is 3. The molecule has 90 valence electrons. The molecule has 0 radical (unpaired) electrons. The Balaban J connectivity index is 2.19. The minimum absolute atomic E-state index is 0.0250. The second-order valence-corrected chi connectivity index (χ2v) is 4.72. The molecule has 0 aliphatic heterocycles. The Kier molecular flexibility index (Phi) is 2.80. The van der Waals surface area contributed by atoms with Gasteiger partial charge in [-0.1, -0.05) is 0 Å². The van der Waals surface area contributed by atoms with Gasteiger partial charge in [-0.05, 0) is 13.8 Å². The van der Waals surface area contributed by atoms with E-state index in [2.05, 4.69) is 20.4 Å². The molecule has 0 aromatic carbocycles. The number of aromatic amines is 1. The van der Waals surface area contributed by atoms with E-state index in [-0.39, 0.29) is 5.82 Å². The second-order valence-electron chi connectivity index (χ2n) is 3.52. The zero-order valence-electron chi connectivity index (χ0n) is 9.57. The second kappa shape index (κ2) is 4.13. The molecule has 0 fully saturated rings. The van der Waals surface area contributed by atoms with Crippen molar-refractivity contribution in [1.82, 2.24) is 19.7 Å². The highest BCUT2D eigenvalue weighted by molar-refractivity contribution is 7.15. The molecule has 1 amide bonds. The van der Waals surface area contributed by atoms with E-state index in [4.69, 9.17) is 0 Å². The maximum absolute atomic E-state index is 11.7. The predicted octanol–water partition coefficient (Wildman–Crippen LogP) is 0.434. The number of hydrogen-bond acceptors (Lipinski definition) is 5. The highest BCUT2D eigenvalue weighted by Gasteiger charge is 2.14. The van der Waals surface area contributed by atoms with Crippen LogP contribution in [0.15, 0.2) is 4.79 Å². The van der Waals surface area contributed by atoms with Crippen LogP contribution in [0.2, 0.25) is 0 Å². The molecule has 0 unspecified atom stereocenters. The van der Waals surface area contributed by atoms with Crippen LogP contribution in [-0.4, -0.2) is 25.7 Å². The van der Waals surface area contributed by atoms with Gasteiger partial charge in [-0.25, -0.2) is 14.5 Å². The summed E-state index contributed by atoms with van der Waals surface area (Å²) < 4.78 is 1.06. The lowest BCUT2D eigenvalue weighted by molar-refractivity contribution is 0.101. The fourth-order valence-electron chi connectivity index (χ4n) is 1.19. The molecule has 2 rings (SSSR count). The van der Waals surface area contributed by atoms with E-state index < -0.39 is 11.6 Å². The molecule has 0 aliphatic rings. The molecule has 2 heterocycles. The van der Waals surface area contributed by atoms with Crippen molar-refractivity contribution in [3.8, 4) is 0 Å². The Bertz CT molecular complexity index is 604. The van der Waals surface area contributed by atoms with Gasteiger partial charge in [0.1, 0.15) is 0 Å². The number of hydrogen-bond donors (Lipinski definition) is 2. The average molecular weight is 253 g/mol. The lowest BCUT2D eigenvalue weighted by atomic mass is 10.4. The molecule has 0 spiro atoms. The van der Waals surface area contributed by atoms with Gasteiger partial charge in [-0.15, -0.1) is 16.4 Å². The van der Waals surface area contributed by atoms with Crippen LogP contribution in [-0.2, 0) is 7.05 Å². The summed E-state index contributed by atoms with van der Waals surface area (Å²) in [6.45, 7) is 3.79. The van der Waals surface area contributed by atoms with Crippen LogP contribution in [0.3, 0.4) is 0 Å². The molecule has 0 saturated heterocycles. The van der Waals surface area contributed by atoms with Crippen molar-refractivity contribution in [2.24, 2.45) is 7.05 Å². The van der Waals surface area contributed by atoms with Crippen LogP contribution in [0.5, 0.6) is 0 Å². The summed E-state index contributed by atoms with van der Waals surface area (Å²) in [6, 6.07) is 0. The van der Waals surface area contributed by atoms with E-state index in [0.29, 0.717) is 5.13 Å². The molecular weight excluding hydrogens is 242 g/mol. The summed E-state index contributed by atoms with van der Waals surface area (Å²) in [5.41, 5.74) is 0.446. The van der Waals surface area contributed by atoms with Gasteiger partial charge in [0.15, 0.2) is 5.13 Å². The number of aromatic nitrogens is 4. The first-order chi connectivity index (χ1) is 7.97. The van der Waals surface area contributed by atoms with E-state index in [0.717, 1.165) is 15.3 Å². The normalized spacial score (nSPS) is 10.5. The van der Waals surface area contributed by atoms with Gasteiger partial charge < -0.3 is 0 Å². The van der Waals surface area contributed by atoms with Crippen molar-refractivity contribution in [3.05, 3.63) is 26.9 Å². The number of H-pyrrole nitrogens is 1. The number of nitrogens with zero attached hydrogens (tertiary/aromatic N) is 3. The van der Waals surface area contributed by atoms with Crippen LogP contribution in [0.1, 0.15) is 21.2 Å². The predicted molar refractivity (Wildman–Crippen MR) is 63.4 cm³/mol. The third-order valence-electron chi connectivity index (χ3n) is 2.23. The van der Waals surface area contributed by atoms with Crippen molar-refractivity contribution in [2.45, 2.75) is 13.8 Å². The van der Waals surface area contributed by atoms with Crippen LogP contribution in [0, 0.1) is 13.8 Å². The first kappa shape index (κ1) is 11.5. The quantitative estimate of drug-likeness (QED) is 0.812. The largest absolute Gasteiger partial charge is 0.343 e. The number of anilines is 1. The molecule has 0 bridgehead atoms. The molecule has 2 aromatic heterocycles. The SMILES string of the molecule is Cc1nc(NC(=O)c2nn(C)c(=O)[nH]2)sc1C. The Hall–Kier alpha value is -1.96. The van der Waals surface area contributed by atoms with Gasteiger partial charge in [0, 0.05) is 11.9 Å². The van der Waals surface area contributed by atoms with Crippen molar-refractivity contribution in [3.63, 3.8) is 0 Å². The standard InChI is InChI=1S/C9H11N5O2S/c1-4-5(2)17-8(10-4)12-7(15)6-11-9(16)14(3)13-6/h1-3H3,(H,10,12,15)(H,11,13,16). The number of amides is 1. The smallest absolute Gasteiger partial charge is 0.295 e. The zero-order valence-corrected chi connectivity index (χ0v) is 10.4. The van der Waals surface area contributed by atoms with Crippen LogP contribution >= 0.6 is 11.3 Å². The minimum atomic E-state index is -0.476. The van der Waals surface area contributed by atoms with Gasteiger partial charge in [0.05, 0.1) is 5.69 Å². The fraction of sp³-hybridized carbons (Fsp3) is 0.333. The molecule has 17 heavy (non-hydrogen) atoms. The third-order valence-corrected chi connectivity index (χ3v) is 3.22. The molecular formula is C9H11N5O2S. The summed E-state index contributed by atoms with van der Waals surface area (Å²) in [6.07, 6.45) is 0. The molecule has 0 aliphatic carbocycles. The van der Waals surface area contributed by atoms with E-state index >= 15 is 0 Å². The van der Waals surface area contributed by atoms with Crippen LogP contribution in [0.4, 0.5) is 5.13 Å². The van der Waals surface area contributed by atoms with E-state index in [1.54, 1.807) is 0 Å². The monoisotopic (exact) mass is 253 g/mol. The number of nitrogens with one attached hydrogen (secondary N) is 2. The first-order valence-electron chi connectivity index (χ1n) is 4.86. The molecule has 0 saturated carbocycles. The lowest BCUT2D eigenvalue weighted by Gasteiger charge is -1.96. The van der Waals surface area contributed by atoms with E-state index in [1.807, 2.05) is 13.8 Å². The first-order valence-corrected chi connectivity index (χ1v) is 5.67. The van der Waals surface area contributed by atoms with Gasteiger partial charge in [0.25, 0.3) is 5.91 Å². The summed E-state index contributed by atoms with van der Waals surface area (Å²) in [5, 5.41) is 6.83. The zero-order chi connectivity index (χ0) is 12.6. The van der Waals surface area contributed by atoms with Crippen molar-refractivity contribution < 1.29 is 4.79 Å². The topological polar surface area (TPSA) is 92.7 Å². The summed E-state index contributed by atoms with van der Waals surface area (Å²) in [5.74, 6) is -0.501. The summed E-state index contributed by atoms with van der Waals surface area (Å²) >= 11 is 1.38. The maximum atomic E-state index is 11.7. The van der Waals surface area contributed by atoms with Crippen molar-refractivity contribution >= 4 is 22.4 Å². The summed E-state index contributed by atoms with van der Waals surface area (Å²) in [4.78, 5) is 30.4. The average Bonchev–Trinajstić information content (AvgIpc) is 2.73. The van der Waals surface area contributed by atoms with Crippen molar-refractivity contribution in [1.29, 1.82) is 0 Å². The van der Waals surface area contributed by atoms with Gasteiger partial charge in [0.2, 0.25) is 5.82 Å². The van der Waals surface area contributed by atoms with Gasteiger partial charge in [-0.2, -0.15) is 0 Å². The Labute approximate surface area is 101 Å².